The lowest BCUT2D eigenvalue weighted by Crippen LogP contribution is -2.06. The van der Waals surface area contributed by atoms with Gasteiger partial charge in [-0.15, -0.1) is 17.0 Å². The number of ether oxygens (including phenoxy) is 1. The van der Waals surface area contributed by atoms with E-state index in [0.717, 1.165) is 12.2 Å². The number of benzene rings is 1. The van der Waals surface area contributed by atoms with Gasteiger partial charge in [0.15, 0.2) is 0 Å². The van der Waals surface area contributed by atoms with Gasteiger partial charge >= 0.3 is 0 Å². The van der Waals surface area contributed by atoms with Crippen LogP contribution in [0.2, 0.25) is 0 Å². The smallest absolute Gasteiger partial charge is 0.123 e. The van der Waals surface area contributed by atoms with Crippen LogP contribution in [0.1, 0.15) is 18.9 Å². The van der Waals surface area contributed by atoms with Crippen LogP contribution in [0, 0.1) is 6.92 Å². The third-order valence-electron chi connectivity index (χ3n) is 1.77. The molecule has 0 bridgehead atoms. The maximum Gasteiger partial charge on any atom is 0.123 e. The maximum atomic E-state index is 5.66. The quantitative estimate of drug-likeness (QED) is 0.757. The van der Waals surface area contributed by atoms with Crippen LogP contribution in [-0.2, 0) is 0 Å². The van der Waals surface area contributed by atoms with Crippen LogP contribution in [-0.4, -0.2) is 5.85 Å². The van der Waals surface area contributed by atoms with Crippen molar-refractivity contribution in [2.24, 2.45) is 0 Å². The summed E-state index contributed by atoms with van der Waals surface area (Å²) in [5.41, 5.74) is 1.19. The molecular formula is C10H16BrOP. The van der Waals surface area contributed by atoms with Crippen molar-refractivity contribution < 1.29 is 4.74 Å². The van der Waals surface area contributed by atoms with Crippen LogP contribution < -0.4 is 4.74 Å². The first-order valence-corrected chi connectivity index (χ1v) is 4.88. The van der Waals surface area contributed by atoms with Crippen LogP contribution >= 0.6 is 26.2 Å². The van der Waals surface area contributed by atoms with E-state index in [4.69, 9.17) is 4.74 Å². The number of para-hydroxylation sites is 1. The minimum Gasteiger partial charge on any atom is -0.486 e. The molecule has 0 amide bonds. The van der Waals surface area contributed by atoms with Crippen molar-refractivity contribution in [1.82, 2.24) is 0 Å². The second-order valence-corrected chi connectivity index (χ2v) is 3.57. The molecule has 74 valence electrons. The van der Waals surface area contributed by atoms with E-state index in [1.54, 1.807) is 0 Å². The Morgan fingerprint density at radius 3 is 2.54 bits per heavy atom. The molecule has 0 aliphatic carbocycles. The summed E-state index contributed by atoms with van der Waals surface area (Å²) in [6.07, 6.45) is 1.01. The van der Waals surface area contributed by atoms with Crippen LogP contribution in [0.5, 0.6) is 5.75 Å². The zero-order chi connectivity index (χ0) is 8.97. The van der Waals surface area contributed by atoms with E-state index >= 15 is 0 Å². The molecule has 0 spiro atoms. The highest BCUT2D eigenvalue weighted by Crippen LogP contribution is 2.20. The van der Waals surface area contributed by atoms with E-state index in [-0.39, 0.29) is 22.8 Å². The third-order valence-corrected chi connectivity index (χ3v) is 2.38. The zero-order valence-corrected chi connectivity index (χ0v) is 10.9. The largest absolute Gasteiger partial charge is 0.486 e. The third kappa shape index (κ3) is 4.10. The van der Waals surface area contributed by atoms with E-state index in [1.807, 2.05) is 18.2 Å². The lowest BCUT2D eigenvalue weighted by molar-refractivity contribution is 0.281. The Kier molecular flexibility index (Phi) is 6.36. The van der Waals surface area contributed by atoms with Crippen LogP contribution in [0.4, 0.5) is 0 Å². The van der Waals surface area contributed by atoms with Crippen molar-refractivity contribution in [2.45, 2.75) is 26.1 Å². The van der Waals surface area contributed by atoms with E-state index in [2.05, 4.69) is 29.2 Å². The Bertz CT molecular complexity index is 252. The van der Waals surface area contributed by atoms with Crippen LogP contribution in [0.25, 0.3) is 0 Å². The van der Waals surface area contributed by atoms with Gasteiger partial charge < -0.3 is 4.74 Å². The number of halogens is 1. The molecule has 0 heterocycles. The Hall–Kier alpha value is -0.0700. The molecule has 1 rings (SSSR count). The number of hydrogen-bond donors (Lipinski definition) is 0. The molecule has 1 aromatic carbocycles. The fourth-order valence-corrected chi connectivity index (χ4v) is 1.08. The van der Waals surface area contributed by atoms with Crippen molar-refractivity contribution >= 4 is 26.2 Å². The molecule has 0 saturated heterocycles. The fraction of sp³-hybridized carbons (Fsp3) is 0.400. The highest BCUT2D eigenvalue weighted by molar-refractivity contribution is 8.93. The normalized spacial score (nSPS) is 11.6. The van der Waals surface area contributed by atoms with Crippen molar-refractivity contribution in [3.05, 3.63) is 29.8 Å². The van der Waals surface area contributed by atoms with E-state index < -0.39 is 0 Å². The van der Waals surface area contributed by atoms with E-state index in [9.17, 15) is 0 Å². The summed E-state index contributed by atoms with van der Waals surface area (Å²) in [4.78, 5) is 0. The predicted octanol–water partition coefficient (Wildman–Crippen LogP) is 3.56. The molecule has 0 N–H and O–H groups in total. The Morgan fingerprint density at radius 1 is 1.38 bits per heavy atom. The fourth-order valence-electron chi connectivity index (χ4n) is 0.935. The Balaban J connectivity index is 0.00000144. The molecular weight excluding hydrogens is 247 g/mol. The summed E-state index contributed by atoms with van der Waals surface area (Å²) in [6, 6.07) is 8.08. The Labute approximate surface area is 92.8 Å². The first-order valence-electron chi connectivity index (χ1n) is 4.22. The lowest BCUT2D eigenvalue weighted by atomic mass is 10.2. The SMILES string of the molecule is Br.CCC(P)Oc1ccccc1C. The molecule has 13 heavy (non-hydrogen) atoms. The summed E-state index contributed by atoms with van der Waals surface area (Å²) >= 11 is 0. The highest BCUT2D eigenvalue weighted by atomic mass is 79.9. The van der Waals surface area contributed by atoms with Crippen molar-refractivity contribution in [3.63, 3.8) is 0 Å². The molecule has 1 nitrogen and oxygen atoms in total. The summed E-state index contributed by atoms with van der Waals surface area (Å²) in [5.74, 6) is 1.21. The van der Waals surface area contributed by atoms with Gasteiger partial charge in [-0.2, -0.15) is 0 Å². The number of aryl methyl sites for hydroxylation is 1. The second-order valence-electron chi connectivity index (χ2n) is 2.83. The molecule has 2 atom stereocenters. The van der Waals surface area contributed by atoms with Gasteiger partial charge in [0.1, 0.15) is 11.6 Å². The number of rotatable bonds is 3. The second kappa shape index (κ2) is 6.39. The standard InChI is InChI=1S/C10H15OP.BrH/c1-3-10(12)11-9-7-5-4-6-8(9)2;/h4-7,10H,3,12H2,1-2H3;1H. The summed E-state index contributed by atoms with van der Waals surface area (Å²) in [5, 5.41) is 0. The molecule has 0 radical (unpaired) electrons. The van der Waals surface area contributed by atoms with E-state index in [0.29, 0.717) is 0 Å². The molecule has 3 heteroatoms. The van der Waals surface area contributed by atoms with Crippen LogP contribution in [0.3, 0.4) is 0 Å². The highest BCUT2D eigenvalue weighted by Gasteiger charge is 2.02. The van der Waals surface area contributed by atoms with Gasteiger partial charge in [-0.05, 0) is 25.0 Å². The van der Waals surface area contributed by atoms with Crippen molar-refractivity contribution in [3.8, 4) is 5.75 Å². The average molecular weight is 263 g/mol. The van der Waals surface area contributed by atoms with Gasteiger partial charge in [0, 0.05) is 0 Å². The minimum atomic E-state index is 0. The van der Waals surface area contributed by atoms with Gasteiger partial charge in [-0.1, -0.05) is 34.4 Å². The Morgan fingerprint density at radius 2 is 2.00 bits per heavy atom. The summed E-state index contributed by atoms with van der Waals surface area (Å²) in [7, 11) is 2.68. The molecule has 0 aliphatic heterocycles. The van der Waals surface area contributed by atoms with Gasteiger partial charge in [0.05, 0.1) is 0 Å². The molecule has 0 aromatic heterocycles. The van der Waals surface area contributed by atoms with Crippen LogP contribution in [0.15, 0.2) is 24.3 Å². The maximum absolute atomic E-state index is 5.66. The molecule has 0 saturated carbocycles. The minimum absolute atomic E-state index is 0. The van der Waals surface area contributed by atoms with Crippen molar-refractivity contribution in [2.75, 3.05) is 0 Å². The molecule has 0 fully saturated rings. The summed E-state index contributed by atoms with van der Waals surface area (Å²) < 4.78 is 5.66. The first kappa shape index (κ1) is 12.9. The van der Waals surface area contributed by atoms with Gasteiger partial charge in [0.2, 0.25) is 0 Å². The van der Waals surface area contributed by atoms with Crippen molar-refractivity contribution in [1.29, 1.82) is 0 Å². The monoisotopic (exact) mass is 262 g/mol. The molecule has 2 unspecified atom stereocenters. The topological polar surface area (TPSA) is 9.23 Å². The molecule has 1 aromatic rings. The lowest BCUT2D eigenvalue weighted by Gasteiger charge is -2.13. The zero-order valence-electron chi connectivity index (χ0n) is 7.99. The van der Waals surface area contributed by atoms with Gasteiger partial charge in [-0.3, -0.25) is 0 Å². The van der Waals surface area contributed by atoms with Gasteiger partial charge in [-0.25, -0.2) is 0 Å². The average Bonchev–Trinajstić information content (AvgIpc) is 2.09. The summed E-state index contributed by atoms with van der Waals surface area (Å²) in [6.45, 7) is 4.16. The van der Waals surface area contributed by atoms with Gasteiger partial charge in [0.25, 0.3) is 0 Å². The molecule has 0 aliphatic rings. The van der Waals surface area contributed by atoms with E-state index in [1.165, 1.54) is 5.56 Å². The number of hydrogen-bond acceptors (Lipinski definition) is 1. The predicted molar refractivity (Wildman–Crippen MR) is 65.9 cm³/mol. The first-order chi connectivity index (χ1) is 5.74.